The maximum atomic E-state index is 12.2. The summed E-state index contributed by atoms with van der Waals surface area (Å²) in [6.45, 7) is 4.67. The summed E-state index contributed by atoms with van der Waals surface area (Å²) < 4.78 is 24.6. The third kappa shape index (κ3) is 5.12. The van der Waals surface area contributed by atoms with Crippen LogP contribution < -0.4 is 5.32 Å². The monoisotopic (exact) mass is 372 g/mol. The molecule has 1 atom stereocenters. The average Bonchev–Trinajstić information content (AvgIpc) is 2.83. The van der Waals surface area contributed by atoms with Crippen molar-refractivity contribution in [3.05, 3.63) is 21.4 Å². The molecule has 8 heteroatoms. The summed E-state index contributed by atoms with van der Waals surface area (Å²) in [5.74, 6) is -0.221. The van der Waals surface area contributed by atoms with E-state index in [-0.39, 0.29) is 30.6 Å². The van der Waals surface area contributed by atoms with Gasteiger partial charge in [-0.05, 0) is 32.8 Å². The van der Waals surface area contributed by atoms with Crippen molar-refractivity contribution >= 4 is 33.1 Å². The van der Waals surface area contributed by atoms with Crippen LogP contribution in [0.15, 0.2) is 6.07 Å². The average molecular weight is 373 g/mol. The Morgan fingerprint density at radius 1 is 1.33 bits per heavy atom. The summed E-state index contributed by atoms with van der Waals surface area (Å²) in [6.07, 6.45) is 2.97. The molecule has 134 valence electrons. The maximum absolute atomic E-state index is 12.2. The lowest BCUT2D eigenvalue weighted by Gasteiger charge is -2.31. The normalized spacial score (nSPS) is 19.2. The Morgan fingerprint density at radius 2 is 2.04 bits per heavy atom. The molecule has 1 unspecified atom stereocenters. The number of aryl methyl sites for hydroxylation is 2. The molecule has 0 aromatic carbocycles. The van der Waals surface area contributed by atoms with E-state index in [1.54, 1.807) is 11.3 Å². The smallest absolute Gasteiger partial charge is 0.220 e. The first-order valence-electron chi connectivity index (χ1n) is 8.01. The van der Waals surface area contributed by atoms with Crippen molar-refractivity contribution in [2.75, 3.05) is 19.3 Å². The Morgan fingerprint density at radius 3 is 2.62 bits per heavy atom. The Labute approximate surface area is 147 Å². The third-order valence-electron chi connectivity index (χ3n) is 4.14. The number of carbonyl (C=O) groups is 2. The highest BCUT2D eigenvalue weighted by Gasteiger charge is 2.26. The van der Waals surface area contributed by atoms with Crippen molar-refractivity contribution in [3.8, 4) is 0 Å². The number of amides is 1. The second-order valence-corrected chi connectivity index (χ2v) is 9.72. The predicted molar refractivity (Wildman–Crippen MR) is 94.9 cm³/mol. The van der Waals surface area contributed by atoms with Gasteiger partial charge in [-0.1, -0.05) is 0 Å². The van der Waals surface area contributed by atoms with E-state index in [2.05, 4.69) is 5.32 Å². The highest BCUT2D eigenvalue weighted by Crippen LogP contribution is 2.22. The molecule has 1 saturated heterocycles. The van der Waals surface area contributed by atoms with Gasteiger partial charge >= 0.3 is 0 Å². The molecule has 1 N–H and O–H groups in total. The number of ketones is 1. The van der Waals surface area contributed by atoms with Gasteiger partial charge in [-0.3, -0.25) is 9.59 Å². The number of hydrogen-bond donors (Lipinski definition) is 1. The number of carbonyl (C=O) groups excluding carboxylic acids is 2. The summed E-state index contributed by atoms with van der Waals surface area (Å²) in [7, 11) is -3.23. The number of rotatable bonds is 6. The van der Waals surface area contributed by atoms with Crippen molar-refractivity contribution in [2.24, 2.45) is 0 Å². The van der Waals surface area contributed by atoms with Crippen molar-refractivity contribution in [2.45, 2.75) is 45.6 Å². The zero-order valence-corrected chi connectivity index (χ0v) is 15.9. The molecule has 1 aliphatic rings. The van der Waals surface area contributed by atoms with Gasteiger partial charge in [0.1, 0.15) is 0 Å². The number of Topliss-reactive ketones (excluding diaryl/α,β-unsaturated/α-hetero) is 1. The van der Waals surface area contributed by atoms with Crippen LogP contribution in [0.2, 0.25) is 0 Å². The molecule has 0 saturated carbocycles. The van der Waals surface area contributed by atoms with Gasteiger partial charge in [-0.25, -0.2) is 12.7 Å². The van der Waals surface area contributed by atoms with Gasteiger partial charge in [0.2, 0.25) is 15.9 Å². The molecular formula is C16H24N2O4S2. The highest BCUT2D eigenvalue weighted by atomic mass is 32.2. The number of nitrogens with one attached hydrogen (secondary N) is 1. The molecule has 1 aromatic rings. The standard InChI is InChI=1S/C16H24N2O4S2/c1-11-9-14(12(2)23-11)15(19)6-7-16(20)17-13-5-4-8-18(10-13)24(3,21)22/h9,13H,4-8,10H2,1-3H3,(H,17,20). The Kier molecular flexibility index (Phi) is 6.17. The fraction of sp³-hybridized carbons (Fsp3) is 0.625. The van der Waals surface area contributed by atoms with Crippen LogP contribution in [-0.2, 0) is 14.8 Å². The van der Waals surface area contributed by atoms with Crippen molar-refractivity contribution < 1.29 is 18.0 Å². The summed E-state index contributed by atoms with van der Waals surface area (Å²) in [5.41, 5.74) is 0.700. The maximum Gasteiger partial charge on any atom is 0.220 e. The van der Waals surface area contributed by atoms with E-state index in [0.717, 1.165) is 22.6 Å². The molecular weight excluding hydrogens is 348 g/mol. The van der Waals surface area contributed by atoms with E-state index >= 15 is 0 Å². The SMILES string of the molecule is Cc1cc(C(=O)CCC(=O)NC2CCCN(S(C)(=O)=O)C2)c(C)s1. The lowest BCUT2D eigenvalue weighted by molar-refractivity contribution is -0.122. The van der Waals surface area contributed by atoms with Crippen LogP contribution in [-0.4, -0.2) is 49.8 Å². The minimum absolute atomic E-state index is 0.0200. The van der Waals surface area contributed by atoms with Gasteiger partial charge in [-0.2, -0.15) is 0 Å². The van der Waals surface area contributed by atoms with E-state index in [9.17, 15) is 18.0 Å². The predicted octanol–water partition coefficient (Wildman–Crippen LogP) is 1.87. The van der Waals surface area contributed by atoms with Gasteiger partial charge in [0.05, 0.1) is 6.26 Å². The topological polar surface area (TPSA) is 83.6 Å². The van der Waals surface area contributed by atoms with Crippen LogP contribution in [0, 0.1) is 13.8 Å². The summed E-state index contributed by atoms with van der Waals surface area (Å²) in [4.78, 5) is 26.3. The van der Waals surface area contributed by atoms with Crippen LogP contribution in [0.25, 0.3) is 0 Å². The molecule has 1 fully saturated rings. The van der Waals surface area contributed by atoms with Gasteiger partial charge < -0.3 is 5.32 Å². The van der Waals surface area contributed by atoms with Gasteiger partial charge in [0, 0.05) is 47.3 Å². The van der Waals surface area contributed by atoms with Crippen LogP contribution in [0.5, 0.6) is 0 Å². The van der Waals surface area contributed by atoms with E-state index in [0.29, 0.717) is 18.7 Å². The third-order valence-corrected chi connectivity index (χ3v) is 6.37. The molecule has 1 aliphatic heterocycles. The minimum atomic E-state index is -3.23. The summed E-state index contributed by atoms with van der Waals surface area (Å²) >= 11 is 1.58. The van der Waals surface area contributed by atoms with Gasteiger partial charge in [-0.15, -0.1) is 11.3 Å². The van der Waals surface area contributed by atoms with Crippen LogP contribution in [0.1, 0.15) is 45.8 Å². The molecule has 0 spiro atoms. The van der Waals surface area contributed by atoms with E-state index in [4.69, 9.17) is 0 Å². The first-order valence-corrected chi connectivity index (χ1v) is 10.7. The quantitative estimate of drug-likeness (QED) is 0.773. The number of sulfonamides is 1. The van der Waals surface area contributed by atoms with Crippen LogP contribution >= 0.6 is 11.3 Å². The molecule has 0 bridgehead atoms. The van der Waals surface area contributed by atoms with Crippen LogP contribution in [0.3, 0.4) is 0 Å². The zero-order chi connectivity index (χ0) is 17.9. The molecule has 6 nitrogen and oxygen atoms in total. The molecule has 24 heavy (non-hydrogen) atoms. The minimum Gasteiger partial charge on any atom is -0.352 e. The van der Waals surface area contributed by atoms with E-state index in [1.807, 2.05) is 19.9 Å². The Balaban J connectivity index is 1.83. The second kappa shape index (κ2) is 7.76. The van der Waals surface area contributed by atoms with Gasteiger partial charge in [0.25, 0.3) is 0 Å². The first-order chi connectivity index (χ1) is 11.2. The van der Waals surface area contributed by atoms with E-state index in [1.165, 1.54) is 10.6 Å². The Hall–Kier alpha value is -1.25. The lowest BCUT2D eigenvalue weighted by Crippen LogP contribution is -2.49. The number of piperidine rings is 1. The van der Waals surface area contributed by atoms with Crippen molar-refractivity contribution in [1.82, 2.24) is 9.62 Å². The molecule has 2 heterocycles. The largest absolute Gasteiger partial charge is 0.352 e. The van der Waals surface area contributed by atoms with E-state index < -0.39 is 10.0 Å². The van der Waals surface area contributed by atoms with Crippen LogP contribution in [0.4, 0.5) is 0 Å². The second-order valence-electron chi connectivity index (χ2n) is 6.28. The first kappa shape index (κ1) is 19.1. The molecule has 2 rings (SSSR count). The fourth-order valence-corrected chi connectivity index (χ4v) is 4.78. The summed E-state index contributed by atoms with van der Waals surface area (Å²) in [5, 5.41) is 2.85. The summed E-state index contributed by atoms with van der Waals surface area (Å²) in [6, 6.07) is 1.69. The van der Waals surface area contributed by atoms with Gasteiger partial charge in [0.15, 0.2) is 5.78 Å². The Bertz CT molecular complexity index is 724. The molecule has 1 aromatic heterocycles. The molecule has 0 radical (unpaired) electrons. The van der Waals surface area contributed by atoms with Crippen molar-refractivity contribution in [3.63, 3.8) is 0 Å². The van der Waals surface area contributed by atoms with Crippen molar-refractivity contribution in [1.29, 1.82) is 0 Å². The number of nitrogens with zero attached hydrogens (tertiary/aromatic N) is 1. The zero-order valence-electron chi connectivity index (χ0n) is 14.3. The highest BCUT2D eigenvalue weighted by molar-refractivity contribution is 7.88. The number of hydrogen-bond acceptors (Lipinski definition) is 5. The number of thiophene rings is 1. The molecule has 0 aliphatic carbocycles. The molecule has 1 amide bonds. The lowest BCUT2D eigenvalue weighted by atomic mass is 10.1. The fourth-order valence-electron chi connectivity index (χ4n) is 2.93.